The van der Waals surface area contributed by atoms with Gasteiger partial charge in [0.05, 0.1) is 23.9 Å². The number of rotatable bonds is 2. The molecular formula is C19H17NO2. The van der Waals surface area contributed by atoms with Crippen molar-refractivity contribution in [2.45, 2.75) is 13.8 Å². The van der Waals surface area contributed by atoms with Crippen LogP contribution < -0.4 is 0 Å². The van der Waals surface area contributed by atoms with Crippen molar-refractivity contribution in [3.05, 3.63) is 65.2 Å². The molecule has 0 aliphatic rings. The Morgan fingerprint density at radius 1 is 1.05 bits per heavy atom. The van der Waals surface area contributed by atoms with Crippen LogP contribution in [0.2, 0.25) is 0 Å². The number of benzene rings is 2. The lowest BCUT2D eigenvalue weighted by atomic mass is 9.98. The van der Waals surface area contributed by atoms with Gasteiger partial charge in [0.1, 0.15) is 0 Å². The lowest BCUT2D eigenvalue weighted by Gasteiger charge is -2.12. The molecule has 3 nitrogen and oxygen atoms in total. The maximum Gasteiger partial charge on any atom is 0.340 e. The second-order valence-electron chi connectivity index (χ2n) is 5.39. The highest BCUT2D eigenvalue weighted by Gasteiger charge is 2.17. The zero-order valence-corrected chi connectivity index (χ0v) is 12.9. The summed E-state index contributed by atoms with van der Waals surface area (Å²) >= 11 is 0. The van der Waals surface area contributed by atoms with Gasteiger partial charge in [0.2, 0.25) is 0 Å². The quantitative estimate of drug-likeness (QED) is 0.661. The third-order valence-electron chi connectivity index (χ3n) is 3.77. The maximum atomic E-state index is 12.2. The standard InChI is InChI=1S/C19H17NO2/c1-12-8-9-15(13(2)10-12)18-16(19(21)22-3)11-14-6-4-5-7-17(14)20-18/h4-11H,1-3H3. The molecule has 110 valence electrons. The van der Waals surface area contributed by atoms with Gasteiger partial charge in [-0.05, 0) is 31.5 Å². The van der Waals surface area contributed by atoms with Crippen molar-refractivity contribution in [2.75, 3.05) is 7.11 Å². The van der Waals surface area contributed by atoms with E-state index >= 15 is 0 Å². The first-order valence-corrected chi connectivity index (χ1v) is 7.16. The zero-order valence-electron chi connectivity index (χ0n) is 12.9. The fraction of sp³-hybridized carbons (Fsp3) is 0.158. The Morgan fingerprint density at radius 3 is 2.55 bits per heavy atom. The number of carbonyl (C=O) groups is 1. The van der Waals surface area contributed by atoms with Gasteiger partial charge in [-0.2, -0.15) is 0 Å². The van der Waals surface area contributed by atoms with Crippen molar-refractivity contribution in [1.82, 2.24) is 4.98 Å². The summed E-state index contributed by atoms with van der Waals surface area (Å²) in [6, 6.07) is 15.7. The van der Waals surface area contributed by atoms with Crippen LogP contribution in [-0.2, 0) is 4.74 Å². The number of aryl methyl sites for hydroxylation is 2. The topological polar surface area (TPSA) is 39.2 Å². The number of ether oxygens (including phenoxy) is 1. The molecule has 0 saturated carbocycles. The van der Waals surface area contributed by atoms with E-state index in [-0.39, 0.29) is 5.97 Å². The molecule has 0 unspecified atom stereocenters. The molecule has 3 rings (SSSR count). The van der Waals surface area contributed by atoms with Gasteiger partial charge >= 0.3 is 5.97 Å². The van der Waals surface area contributed by atoms with E-state index in [2.05, 4.69) is 6.07 Å². The van der Waals surface area contributed by atoms with E-state index in [1.54, 1.807) is 0 Å². The molecule has 0 N–H and O–H groups in total. The SMILES string of the molecule is COC(=O)c1cc2ccccc2nc1-c1ccc(C)cc1C. The largest absolute Gasteiger partial charge is 0.465 e. The Bertz CT molecular complexity index is 868. The van der Waals surface area contributed by atoms with Gasteiger partial charge in [-0.1, -0.05) is 42.0 Å². The molecule has 2 aromatic carbocycles. The zero-order chi connectivity index (χ0) is 15.7. The van der Waals surface area contributed by atoms with Crippen LogP contribution in [0.25, 0.3) is 22.2 Å². The summed E-state index contributed by atoms with van der Waals surface area (Å²) in [5, 5.41) is 0.927. The molecule has 3 aromatic rings. The Balaban J connectivity index is 2.32. The Kier molecular flexibility index (Phi) is 3.63. The van der Waals surface area contributed by atoms with Crippen LogP contribution in [0, 0.1) is 13.8 Å². The highest BCUT2D eigenvalue weighted by Crippen LogP contribution is 2.29. The summed E-state index contributed by atoms with van der Waals surface area (Å²) < 4.78 is 4.93. The van der Waals surface area contributed by atoms with Gasteiger partial charge in [-0.25, -0.2) is 9.78 Å². The molecule has 0 radical (unpaired) electrons. The van der Waals surface area contributed by atoms with E-state index in [4.69, 9.17) is 9.72 Å². The van der Waals surface area contributed by atoms with Crippen LogP contribution in [0.1, 0.15) is 21.5 Å². The summed E-state index contributed by atoms with van der Waals surface area (Å²) in [5.74, 6) is -0.367. The Hall–Kier alpha value is -2.68. The molecule has 0 bridgehead atoms. The number of carbonyl (C=O) groups excluding carboxylic acids is 1. The Morgan fingerprint density at radius 2 is 1.82 bits per heavy atom. The molecule has 0 amide bonds. The highest BCUT2D eigenvalue weighted by atomic mass is 16.5. The molecule has 0 aliphatic carbocycles. The van der Waals surface area contributed by atoms with Crippen molar-refractivity contribution in [3.63, 3.8) is 0 Å². The number of pyridine rings is 1. The first kappa shape index (κ1) is 14.3. The Labute approximate surface area is 129 Å². The summed E-state index contributed by atoms with van der Waals surface area (Å²) in [7, 11) is 1.39. The lowest BCUT2D eigenvalue weighted by molar-refractivity contribution is 0.0601. The fourth-order valence-corrected chi connectivity index (χ4v) is 2.67. The average Bonchev–Trinajstić information content (AvgIpc) is 2.53. The molecule has 3 heteroatoms. The van der Waals surface area contributed by atoms with Crippen molar-refractivity contribution < 1.29 is 9.53 Å². The molecule has 0 spiro atoms. The molecule has 0 aliphatic heterocycles. The van der Waals surface area contributed by atoms with E-state index in [9.17, 15) is 4.79 Å². The van der Waals surface area contributed by atoms with E-state index in [1.165, 1.54) is 12.7 Å². The normalized spacial score (nSPS) is 10.7. The van der Waals surface area contributed by atoms with Crippen LogP contribution >= 0.6 is 0 Å². The number of para-hydroxylation sites is 1. The minimum atomic E-state index is -0.367. The number of nitrogens with zero attached hydrogens (tertiary/aromatic N) is 1. The van der Waals surface area contributed by atoms with E-state index in [1.807, 2.05) is 56.3 Å². The minimum absolute atomic E-state index is 0.367. The number of methoxy groups -OCH3 is 1. The molecule has 0 fully saturated rings. The monoisotopic (exact) mass is 291 g/mol. The predicted molar refractivity (Wildman–Crippen MR) is 88.0 cm³/mol. The second kappa shape index (κ2) is 5.60. The summed E-state index contributed by atoms with van der Waals surface area (Å²) in [5.41, 5.74) is 5.26. The van der Waals surface area contributed by atoms with Crippen LogP contribution in [0.3, 0.4) is 0 Å². The van der Waals surface area contributed by atoms with Crippen molar-refractivity contribution in [3.8, 4) is 11.3 Å². The van der Waals surface area contributed by atoms with Gasteiger partial charge in [0.25, 0.3) is 0 Å². The third kappa shape index (κ3) is 2.46. The first-order chi connectivity index (χ1) is 10.6. The summed E-state index contributed by atoms with van der Waals surface area (Å²) in [4.78, 5) is 16.9. The van der Waals surface area contributed by atoms with Crippen LogP contribution in [0.5, 0.6) is 0 Å². The van der Waals surface area contributed by atoms with Gasteiger partial charge in [0.15, 0.2) is 0 Å². The van der Waals surface area contributed by atoms with E-state index in [0.29, 0.717) is 11.3 Å². The molecule has 1 heterocycles. The average molecular weight is 291 g/mol. The van der Waals surface area contributed by atoms with Crippen molar-refractivity contribution >= 4 is 16.9 Å². The number of hydrogen-bond acceptors (Lipinski definition) is 3. The lowest BCUT2D eigenvalue weighted by Crippen LogP contribution is -2.06. The molecule has 22 heavy (non-hydrogen) atoms. The summed E-state index contributed by atoms with van der Waals surface area (Å²) in [6.45, 7) is 4.08. The van der Waals surface area contributed by atoms with Crippen LogP contribution in [0.4, 0.5) is 0 Å². The number of aromatic nitrogens is 1. The predicted octanol–water partition coefficient (Wildman–Crippen LogP) is 4.31. The summed E-state index contributed by atoms with van der Waals surface area (Å²) in [6.07, 6.45) is 0. The third-order valence-corrected chi connectivity index (χ3v) is 3.77. The van der Waals surface area contributed by atoms with Gasteiger partial charge < -0.3 is 4.74 Å². The molecule has 0 atom stereocenters. The molecule has 0 saturated heterocycles. The number of fused-ring (bicyclic) bond motifs is 1. The number of hydrogen-bond donors (Lipinski definition) is 0. The van der Waals surface area contributed by atoms with Gasteiger partial charge in [0, 0.05) is 10.9 Å². The highest BCUT2D eigenvalue weighted by molar-refractivity contribution is 6.00. The van der Waals surface area contributed by atoms with Gasteiger partial charge in [-0.3, -0.25) is 0 Å². The van der Waals surface area contributed by atoms with Crippen molar-refractivity contribution in [1.29, 1.82) is 0 Å². The van der Waals surface area contributed by atoms with E-state index in [0.717, 1.165) is 22.0 Å². The van der Waals surface area contributed by atoms with Crippen LogP contribution in [-0.4, -0.2) is 18.1 Å². The fourth-order valence-electron chi connectivity index (χ4n) is 2.67. The molecular weight excluding hydrogens is 274 g/mol. The first-order valence-electron chi connectivity index (χ1n) is 7.16. The van der Waals surface area contributed by atoms with Gasteiger partial charge in [-0.15, -0.1) is 0 Å². The number of esters is 1. The van der Waals surface area contributed by atoms with Crippen LogP contribution in [0.15, 0.2) is 48.5 Å². The van der Waals surface area contributed by atoms with E-state index < -0.39 is 0 Å². The van der Waals surface area contributed by atoms with Crippen molar-refractivity contribution in [2.24, 2.45) is 0 Å². The maximum absolute atomic E-state index is 12.2. The smallest absolute Gasteiger partial charge is 0.340 e. The second-order valence-corrected chi connectivity index (χ2v) is 5.39. The minimum Gasteiger partial charge on any atom is -0.465 e. The molecule has 1 aromatic heterocycles.